The Morgan fingerprint density at radius 3 is 2.39 bits per heavy atom. The molecule has 2 amide bonds. The minimum atomic E-state index is -2.85. The lowest BCUT2D eigenvalue weighted by Gasteiger charge is -2.13. The van der Waals surface area contributed by atoms with Gasteiger partial charge in [0.05, 0.1) is 19.9 Å². The molecule has 0 aliphatic rings. The summed E-state index contributed by atoms with van der Waals surface area (Å²) >= 11 is 0.824. The fourth-order valence-electron chi connectivity index (χ4n) is 4.19. The van der Waals surface area contributed by atoms with E-state index in [1.54, 1.807) is 48.5 Å². The number of nitrogens with one attached hydrogen (secondary N) is 1. The quantitative estimate of drug-likeness (QED) is 0.223. The number of halogens is 2. The molecule has 0 saturated carbocycles. The van der Waals surface area contributed by atoms with Crippen molar-refractivity contribution in [2.45, 2.75) is 13.2 Å². The number of nitrogens with zero attached hydrogens (tertiary/aromatic N) is 3. The van der Waals surface area contributed by atoms with Crippen LogP contribution in [0.5, 0.6) is 17.2 Å². The number of hydrogen-bond donors (Lipinski definition) is 2. The van der Waals surface area contributed by atoms with E-state index in [2.05, 4.69) is 15.4 Å². The number of benzene rings is 2. The SMILES string of the molecule is COc1cccc(OC)c1OCn1ccc(C(=O)Nc2c(C(N)=O)sc3nc(C(F)F)cc(-c4ccccc4)c23)n1. The van der Waals surface area contributed by atoms with E-state index in [1.807, 2.05) is 0 Å². The minimum absolute atomic E-state index is 0.00813. The molecule has 41 heavy (non-hydrogen) atoms. The molecule has 0 saturated heterocycles. The monoisotopic (exact) mass is 579 g/mol. The third-order valence-corrected chi connectivity index (χ3v) is 7.15. The lowest BCUT2D eigenvalue weighted by Crippen LogP contribution is -2.18. The van der Waals surface area contributed by atoms with Crippen molar-refractivity contribution in [3.8, 4) is 28.4 Å². The zero-order valence-corrected chi connectivity index (χ0v) is 22.6. The molecule has 0 aliphatic heterocycles. The van der Waals surface area contributed by atoms with Gasteiger partial charge in [-0.3, -0.25) is 9.59 Å². The van der Waals surface area contributed by atoms with Gasteiger partial charge in [0, 0.05) is 11.6 Å². The van der Waals surface area contributed by atoms with E-state index in [9.17, 15) is 18.4 Å². The Balaban J connectivity index is 1.47. The van der Waals surface area contributed by atoms with E-state index in [0.29, 0.717) is 33.8 Å². The second-order valence-electron chi connectivity index (χ2n) is 8.57. The van der Waals surface area contributed by atoms with Crippen LogP contribution in [-0.2, 0) is 6.73 Å². The predicted octanol–water partition coefficient (Wildman–Crippen LogP) is 5.50. The van der Waals surface area contributed by atoms with Gasteiger partial charge in [-0.25, -0.2) is 18.4 Å². The molecule has 13 heteroatoms. The Bertz CT molecular complexity index is 1720. The van der Waals surface area contributed by atoms with Crippen LogP contribution in [0.3, 0.4) is 0 Å². The smallest absolute Gasteiger partial charge is 0.280 e. The Morgan fingerprint density at radius 2 is 1.76 bits per heavy atom. The number of thiophene rings is 1. The summed E-state index contributed by atoms with van der Waals surface area (Å²) in [4.78, 5) is 29.8. The normalized spacial score (nSPS) is 11.0. The standard InChI is InChI=1S/C28H23F2N5O5S/c1-38-19-9-6-10-20(39-2)23(19)40-14-35-12-11-17(34-35)27(37)33-22-21-16(15-7-4-3-5-8-15)13-18(25(29)30)32-28(21)41-24(22)26(31)36/h3-13,25H,14H2,1-2H3,(H2,31,36)(H,33,37). The molecule has 0 fully saturated rings. The number of carbonyl (C=O) groups is 2. The van der Waals surface area contributed by atoms with Crippen LogP contribution in [0.25, 0.3) is 21.3 Å². The Morgan fingerprint density at radius 1 is 1.05 bits per heavy atom. The maximum atomic E-state index is 13.7. The van der Waals surface area contributed by atoms with Gasteiger partial charge in [-0.15, -0.1) is 11.3 Å². The van der Waals surface area contributed by atoms with Gasteiger partial charge in [0.15, 0.2) is 23.9 Å². The molecule has 0 spiro atoms. The van der Waals surface area contributed by atoms with Crippen LogP contribution in [0.1, 0.15) is 32.3 Å². The van der Waals surface area contributed by atoms with Crippen LogP contribution in [0.2, 0.25) is 0 Å². The van der Waals surface area contributed by atoms with E-state index in [4.69, 9.17) is 19.9 Å². The number of nitrogens with two attached hydrogens (primary N) is 1. The van der Waals surface area contributed by atoms with Gasteiger partial charge >= 0.3 is 0 Å². The number of ether oxygens (including phenoxy) is 3. The van der Waals surface area contributed by atoms with Crippen LogP contribution in [0.4, 0.5) is 14.5 Å². The first kappa shape index (κ1) is 27.5. The lowest BCUT2D eigenvalue weighted by molar-refractivity contribution is 0.100. The van der Waals surface area contributed by atoms with Crippen molar-refractivity contribution in [1.82, 2.24) is 14.8 Å². The molecule has 3 aromatic heterocycles. The molecule has 3 heterocycles. The number of aromatic nitrogens is 3. The predicted molar refractivity (Wildman–Crippen MR) is 149 cm³/mol. The molecule has 0 atom stereocenters. The molecule has 2 aromatic carbocycles. The average molecular weight is 580 g/mol. The van der Waals surface area contributed by atoms with Crippen molar-refractivity contribution in [3.63, 3.8) is 0 Å². The average Bonchev–Trinajstić information content (AvgIpc) is 3.61. The fraction of sp³-hybridized carbons (Fsp3) is 0.143. The number of primary amides is 1. The zero-order valence-electron chi connectivity index (χ0n) is 21.8. The summed E-state index contributed by atoms with van der Waals surface area (Å²) in [5.41, 5.74) is 6.20. The molecule has 3 N–H and O–H groups in total. The molecule has 0 unspecified atom stereocenters. The van der Waals surface area contributed by atoms with Gasteiger partial charge < -0.3 is 25.3 Å². The number of carbonyl (C=O) groups excluding carboxylic acids is 2. The number of anilines is 1. The highest BCUT2D eigenvalue weighted by atomic mass is 32.1. The number of fused-ring (bicyclic) bond motifs is 1. The van der Waals surface area contributed by atoms with E-state index < -0.39 is 23.9 Å². The number of amides is 2. The highest BCUT2D eigenvalue weighted by Gasteiger charge is 2.25. The summed E-state index contributed by atoms with van der Waals surface area (Å²) < 4.78 is 45.2. The lowest BCUT2D eigenvalue weighted by atomic mass is 10.0. The largest absolute Gasteiger partial charge is 0.493 e. The summed E-state index contributed by atoms with van der Waals surface area (Å²) in [6, 6.07) is 16.6. The Labute approximate surface area is 236 Å². The maximum absolute atomic E-state index is 13.7. The number of para-hydroxylation sites is 1. The third-order valence-electron chi connectivity index (χ3n) is 6.05. The van der Waals surface area contributed by atoms with Gasteiger partial charge in [-0.2, -0.15) is 5.10 Å². The number of methoxy groups -OCH3 is 2. The highest BCUT2D eigenvalue weighted by Crippen LogP contribution is 2.42. The molecule has 210 valence electrons. The fourth-order valence-corrected chi connectivity index (χ4v) is 5.20. The van der Waals surface area contributed by atoms with Crippen LogP contribution in [-0.4, -0.2) is 40.8 Å². The van der Waals surface area contributed by atoms with Crippen LogP contribution < -0.4 is 25.3 Å². The third kappa shape index (κ3) is 5.52. The summed E-state index contributed by atoms with van der Waals surface area (Å²) in [5.74, 6) is -0.228. The summed E-state index contributed by atoms with van der Waals surface area (Å²) in [6.45, 7) is -0.0730. The first-order valence-electron chi connectivity index (χ1n) is 12.1. The van der Waals surface area contributed by atoms with Gasteiger partial charge in [-0.05, 0) is 35.4 Å². The summed E-state index contributed by atoms with van der Waals surface area (Å²) in [6.07, 6.45) is -1.32. The molecule has 5 rings (SSSR count). The Kier molecular flexibility index (Phi) is 7.79. The van der Waals surface area contributed by atoms with Gasteiger partial charge in [0.1, 0.15) is 15.4 Å². The van der Waals surface area contributed by atoms with E-state index in [-0.39, 0.29) is 27.8 Å². The van der Waals surface area contributed by atoms with E-state index in [1.165, 1.54) is 37.2 Å². The van der Waals surface area contributed by atoms with Crippen LogP contribution in [0.15, 0.2) is 66.9 Å². The maximum Gasteiger partial charge on any atom is 0.280 e. The van der Waals surface area contributed by atoms with E-state index >= 15 is 0 Å². The molecule has 0 bridgehead atoms. The minimum Gasteiger partial charge on any atom is -0.493 e. The molecule has 5 aromatic rings. The van der Waals surface area contributed by atoms with Gasteiger partial charge in [0.25, 0.3) is 18.2 Å². The van der Waals surface area contributed by atoms with Crippen molar-refractivity contribution in [2.24, 2.45) is 5.73 Å². The topological polar surface area (TPSA) is 131 Å². The van der Waals surface area contributed by atoms with Crippen LogP contribution in [0, 0.1) is 0 Å². The van der Waals surface area contributed by atoms with Crippen LogP contribution >= 0.6 is 11.3 Å². The highest BCUT2D eigenvalue weighted by molar-refractivity contribution is 7.21. The molecular formula is C28H23F2N5O5S. The molecule has 0 radical (unpaired) electrons. The molecule has 10 nitrogen and oxygen atoms in total. The van der Waals surface area contributed by atoms with Crippen molar-refractivity contribution >= 4 is 39.1 Å². The Hall–Kier alpha value is -5.04. The first-order chi connectivity index (χ1) is 19.8. The number of hydrogen-bond acceptors (Lipinski definition) is 8. The van der Waals surface area contributed by atoms with E-state index in [0.717, 1.165) is 11.3 Å². The van der Waals surface area contributed by atoms with Gasteiger partial charge in [0.2, 0.25) is 5.75 Å². The van der Waals surface area contributed by atoms with Gasteiger partial charge in [-0.1, -0.05) is 36.4 Å². The van der Waals surface area contributed by atoms with Crippen molar-refractivity contribution in [1.29, 1.82) is 0 Å². The molecule has 0 aliphatic carbocycles. The number of rotatable bonds is 10. The van der Waals surface area contributed by atoms with Crippen molar-refractivity contribution in [3.05, 3.63) is 83.1 Å². The summed E-state index contributed by atoms with van der Waals surface area (Å²) in [5, 5.41) is 7.28. The second-order valence-corrected chi connectivity index (χ2v) is 9.57. The first-order valence-corrected chi connectivity index (χ1v) is 12.9. The number of pyridine rings is 1. The number of alkyl halides is 2. The second kappa shape index (κ2) is 11.6. The zero-order chi connectivity index (χ0) is 29.1. The summed E-state index contributed by atoms with van der Waals surface area (Å²) in [7, 11) is 3.00. The molecular weight excluding hydrogens is 556 g/mol. The van der Waals surface area contributed by atoms with Crippen molar-refractivity contribution in [2.75, 3.05) is 19.5 Å². The van der Waals surface area contributed by atoms with Crippen molar-refractivity contribution < 1.29 is 32.6 Å².